The van der Waals surface area contributed by atoms with Gasteiger partial charge in [0, 0.05) is 19.2 Å². The lowest BCUT2D eigenvalue weighted by atomic mass is 10.0. The molecule has 5 heteroatoms. The molecule has 2 heterocycles. The number of rotatable bonds is 5. The monoisotopic (exact) mass is 353 g/mol. The Morgan fingerprint density at radius 1 is 1.12 bits per heavy atom. The molecule has 0 saturated carbocycles. The van der Waals surface area contributed by atoms with Gasteiger partial charge in [0.1, 0.15) is 17.6 Å². The minimum absolute atomic E-state index is 0.0142. The van der Waals surface area contributed by atoms with Crippen molar-refractivity contribution in [3.63, 3.8) is 0 Å². The van der Waals surface area contributed by atoms with Crippen LogP contribution in [-0.4, -0.2) is 31.6 Å². The Hall–Kier alpha value is -2.53. The zero-order valence-electron chi connectivity index (χ0n) is 15.4. The smallest absolute Gasteiger partial charge is 0.258 e. The molecule has 2 aromatic rings. The first-order valence-corrected chi connectivity index (χ1v) is 8.92. The fourth-order valence-corrected chi connectivity index (χ4v) is 3.58. The van der Waals surface area contributed by atoms with Gasteiger partial charge in [-0.15, -0.1) is 0 Å². The van der Waals surface area contributed by atoms with Crippen LogP contribution in [-0.2, 0) is 24.2 Å². The van der Waals surface area contributed by atoms with Crippen molar-refractivity contribution >= 4 is 5.91 Å². The summed E-state index contributed by atoms with van der Waals surface area (Å²) in [6.07, 6.45) is 1.03. The third-order valence-electron chi connectivity index (χ3n) is 5.16. The zero-order valence-corrected chi connectivity index (χ0v) is 15.4. The molecule has 1 unspecified atom stereocenters. The van der Waals surface area contributed by atoms with Crippen molar-refractivity contribution < 1.29 is 19.0 Å². The summed E-state index contributed by atoms with van der Waals surface area (Å²) in [5.74, 6) is 1.28. The molecular weight excluding hydrogens is 330 g/mol. The van der Waals surface area contributed by atoms with Gasteiger partial charge in [-0.2, -0.15) is 0 Å². The fourth-order valence-electron chi connectivity index (χ4n) is 3.58. The third kappa shape index (κ3) is 2.92. The van der Waals surface area contributed by atoms with Crippen molar-refractivity contribution in [1.82, 2.24) is 4.90 Å². The first kappa shape index (κ1) is 16.9. The Kier molecular flexibility index (Phi) is 4.32. The molecule has 0 N–H and O–H groups in total. The molecule has 0 radical (unpaired) electrons. The molecule has 0 spiro atoms. The second-order valence-electron chi connectivity index (χ2n) is 6.73. The van der Waals surface area contributed by atoms with E-state index in [9.17, 15) is 4.79 Å². The normalized spacial score (nSPS) is 17.8. The standard InChI is InChI=1S/C21H23NO4/c1-4-13-8-17(19(25-3)9-18(13)24-2)21(23)22-10-15-6-5-14(20-12-26-20)7-16(15)11-22/h5-9,20H,4,10-12H2,1-3H3. The molecule has 1 atom stereocenters. The highest BCUT2D eigenvalue weighted by Gasteiger charge is 2.30. The number of fused-ring (bicyclic) bond motifs is 1. The summed E-state index contributed by atoms with van der Waals surface area (Å²) >= 11 is 0. The maximum absolute atomic E-state index is 13.2. The number of amides is 1. The summed E-state index contributed by atoms with van der Waals surface area (Å²) in [4.78, 5) is 15.0. The molecule has 4 rings (SSSR count). The number of carbonyl (C=O) groups is 1. The van der Waals surface area contributed by atoms with E-state index < -0.39 is 0 Å². The van der Waals surface area contributed by atoms with Gasteiger partial charge in [0.2, 0.25) is 0 Å². The lowest BCUT2D eigenvalue weighted by Crippen LogP contribution is -2.26. The summed E-state index contributed by atoms with van der Waals surface area (Å²) in [6.45, 7) is 4.08. The number of nitrogens with zero attached hydrogens (tertiary/aromatic N) is 1. The number of benzene rings is 2. The van der Waals surface area contributed by atoms with Crippen molar-refractivity contribution in [2.24, 2.45) is 0 Å². The molecule has 26 heavy (non-hydrogen) atoms. The zero-order chi connectivity index (χ0) is 18.3. The molecule has 136 valence electrons. The Bertz CT molecular complexity index is 857. The van der Waals surface area contributed by atoms with Crippen LogP contribution < -0.4 is 9.47 Å². The van der Waals surface area contributed by atoms with Gasteiger partial charge < -0.3 is 19.1 Å². The van der Waals surface area contributed by atoms with E-state index in [1.54, 1.807) is 20.3 Å². The predicted octanol–water partition coefficient (Wildman–Crippen LogP) is 3.49. The van der Waals surface area contributed by atoms with E-state index in [4.69, 9.17) is 14.2 Å². The van der Waals surface area contributed by atoms with Crippen LogP contribution in [0.1, 0.15) is 45.6 Å². The molecule has 5 nitrogen and oxygen atoms in total. The summed E-state index contributed by atoms with van der Waals surface area (Å²) in [5, 5.41) is 0. The summed E-state index contributed by atoms with van der Waals surface area (Å²) in [6, 6.07) is 10.1. The Morgan fingerprint density at radius 2 is 1.85 bits per heavy atom. The molecule has 2 aliphatic heterocycles. The molecule has 2 aromatic carbocycles. The Balaban J connectivity index is 1.62. The lowest BCUT2D eigenvalue weighted by Gasteiger charge is -2.19. The van der Waals surface area contributed by atoms with Crippen LogP contribution >= 0.6 is 0 Å². The van der Waals surface area contributed by atoms with E-state index in [1.807, 2.05) is 17.9 Å². The van der Waals surface area contributed by atoms with E-state index in [0.717, 1.165) is 24.3 Å². The van der Waals surface area contributed by atoms with E-state index in [0.29, 0.717) is 24.4 Å². The third-order valence-corrected chi connectivity index (χ3v) is 5.16. The second kappa shape index (κ2) is 6.65. The minimum atomic E-state index is -0.0142. The molecular formula is C21H23NO4. The molecule has 0 aliphatic carbocycles. The van der Waals surface area contributed by atoms with Crippen molar-refractivity contribution in [3.05, 3.63) is 58.1 Å². The largest absolute Gasteiger partial charge is 0.496 e. The van der Waals surface area contributed by atoms with Crippen LogP contribution in [0.25, 0.3) is 0 Å². The average molecular weight is 353 g/mol. The van der Waals surface area contributed by atoms with E-state index in [2.05, 4.69) is 18.2 Å². The van der Waals surface area contributed by atoms with Crippen molar-refractivity contribution in [2.45, 2.75) is 32.5 Å². The van der Waals surface area contributed by atoms with Gasteiger partial charge in [-0.25, -0.2) is 0 Å². The Morgan fingerprint density at radius 3 is 2.50 bits per heavy atom. The first-order chi connectivity index (χ1) is 12.6. The second-order valence-corrected chi connectivity index (χ2v) is 6.73. The van der Waals surface area contributed by atoms with Crippen molar-refractivity contribution in [1.29, 1.82) is 0 Å². The Labute approximate surface area is 153 Å². The van der Waals surface area contributed by atoms with E-state index in [1.165, 1.54) is 16.7 Å². The number of carbonyl (C=O) groups excluding carboxylic acids is 1. The number of methoxy groups -OCH3 is 2. The van der Waals surface area contributed by atoms with Crippen LogP contribution in [0.5, 0.6) is 11.5 Å². The van der Waals surface area contributed by atoms with Gasteiger partial charge >= 0.3 is 0 Å². The van der Waals surface area contributed by atoms with E-state index in [-0.39, 0.29) is 12.0 Å². The molecule has 1 saturated heterocycles. The van der Waals surface area contributed by atoms with Gasteiger partial charge in [-0.3, -0.25) is 4.79 Å². The predicted molar refractivity (Wildman–Crippen MR) is 97.6 cm³/mol. The van der Waals surface area contributed by atoms with Crippen LogP contribution in [0, 0.1) is 0 Å². The summed E-state index contributed by atoms with van der Waals surface area (Å²) in [5.41, 5.74) is 5.19. The van der Waals surface area contributed by atoms with Crippen LogP contribution in [0.3, 0.4) is 0 Å². The van der Waals surface area contributed by atoms with Crippen LogP contribution in [0.4, 0.5) is 0 Å². The SMILES string of the molecule is CCc1cc(C(=O)N2Cc3ccc(C4CO4)cc3C2)c(OC)cc1OC. The number of aryl methyl sites for hydroxylation is 1. The van der Waals surface area contributed by atoms with Crippen molar-refractivity contribution in [2.75, 3.05) is 20.8 Å². The van der Waals surface area contributed by atoms with Gasteiger partial charge in [-0.1, -0.05) is 25.1 Å². The lowest BCUT2D eigenvalue weighted by molar-refractivity contribution is 0.0748. The molecule has 0 bridgehead atoms. The quantitative estimate of drug-likeness (QED) is 0.772. The highest BCUT2D eigenvalue weighted by molar-refractivity contribution is 5.97. The topological polar surface area (TPSA) is 51.3 Å². The molecule has 1 fully saturated rings. The summed E-state index contributed by atoms with van der Waals surface area (Å²) in [7, 11) is 3.21. The molecule has 2 aliphatic rings. The number of ether oxygens (including phenoxy) is 3. The highest BCUT2D eigenvalue weighted by atomic mass is 16.6. The van der Waals surface area contributed by atoms with Gasteiger partial charge in [0.05, 0.1) is 26.4 Å². The maximum Gasteiger partial charge on any atom is 0.258 e. The number of hydrogen-bond acceptors (Lipinski definition) is 4. The number of hydrogen-bond donors (Lipinski definition) is 0. The maximum atomic E-state index is 13.2. The van der Waals surface area contributed by atoms with Gasteiger partial charge in [0.25, 0.3) is 5.91 Å². The minimum Gasteiger partial charge on any atom is -0.496 e. The van der Waals surface area contributed by atoms with Crippen molar-refractivity contribution in [3.8, 4) is 11.5 Å². The van der Waals surface area contributed by atoms with Crippen LogP contribution in [0.2, 0.25) is 0 Å². The van der Waals surface area contributed by atoms with Gasteiger partial charge in [0.15, 0.2) is 0 Å². The summed E-state index contributed by atoms with van der Waals surface area (Å²) < 4.78 is 16.2. The van der Waals surface area contributed by atoms with E-state index >= 15 is 0 Å². The average Bonchev–Trinajstić information content (AvgIpc) is 3.44. The fraction of sp³-hybridized carbons (Fsp3) is 0.381. The first-order valence-electron chi connectivity index (χ1n) is 8.92. The van der Waals surface area contributed by atoms with Gasteiger partial charge in [-0.05, 0) is 34.7 Å². The number of epoxide rings is 1. The molecule has 0 aromatic heterocycles. The molecule has 1 amide bonds. The van der Waals surface area contributed by atoms with Crippen LogP contribution in [0.15, 0.2) is 30.3 Å². The highest BCUT2D eigenvalue weighted by Crippen LogP contribution is 2.35.